The molecular weight excluding hydrogens is 331 g/mol. The maximum atomic E-state index is 13.8. The standard InChI is InChI=1S/C18H20BrFO/c1-18(2,3)13-6-4-12(5-7-13)10-17(21)15-11-14(19)8-9-16(15)20/h4-9,11,17,21H,10H2,1-3H3. The SMILES string of the molecule is CC(C)(C)c1ccc(CC(O)c2cc(Br)ccc2F)cc1. The van der Waals surface area contributed by atoms with Gasteiger partial charge in [-0.05, 0) is 34.7 Å². The summed E-state index contributed by atoms with van der Waals surface area (Å²) in [5, 5.41) is 10.2. The smallest absolute Gasteiger partial charge is 0.129 e. The molecule has 21 heavy (non-hydrogen) atoms. The van der Waals surface area contributed by atoms with Crippen LogP contribution in [-0.2, 0) is 11.8 Å². The van der Waals surface area contributed by atoms with E-state index in [1.807, 2.05) is 12.1 Å². The van der Waals surface area contributed by atoms with Crippen LogP contribution in [0.5, 0.6) is 0 Å². The average Bonchev–Trinajstić information content (AvgIpc) is 2.41. The third kappa shape index (κ3) is 4.14. The predicted molar refractivity (Wildman–Crippen MR) is 87.9 cm³/mol. The molecule has 0 fully saturated rings. The first-order chi connectivity index (χ1) is 9.77. The minimum atomic E-state index is -0.844. The summed E-state index contributed by atoms with van der Waals surface area (Å²) in [7, 11) is 0. The van der Waals surface area contributed by atoms with E-state index in [1.54, 1.807) is 12.1 Å². The van der Waals surface area contributed by atoms with Gasteiger partial charge in [-0.15, -0.1) is 0 Å². The van der Waals surface area contributed by atoms with Crippen molar-refractivity contribution in [3.8, 4) is 0 Å². The lowest BCUT2D eigenvalue weighted by molar-refractivity contribution is 0.173. The Morgan fingerprint density at radius 2 is 1.71 bits per heavy atom. The van der Waals surface area contributed by atoms with Crippen LogP contribution in [0.3, 0.4) is 0 Å². The number of aliphatic hydroxyl groups is 1. The monoisotopic (exact) mass is 350 g/mol. The van der Waals surface area contributed by atoms with Crippen molar-refractivity contribution >= 4 is 15.9 Å². The highest BCUT2D eigenvalue weighted by Crippen LogP contribution is 2.26. The summed E-state index contributed by atoms with van der Waals surface area (Å²) in [6.45, 7) is 6.48. The number of aliphatic hydroxyl groups excluding tert-OH is 1. The fraction of sp³-hybridized carbons (Fsp3) is 0.333. The normalized spacial score (nSPS) is 13.2. The molecule has 0 radical (unpaired) electrons. The summed E-state index contributed by atoms with van der Waals surface area (Å²) in [5.74, 6) is -0.378. The third-order valence-electron chi connectivity index (χ3n) is 3.57. The maximum Gasteiger partial charge on any atom is 0.129 e. The van der Waals surface area contributed by atoms with Crippen molar-refractivity contribution in [3.05, 3.63) is 69.4 Å². The maximum absolute atomic E-state index is 13.8. The van der Waals surface area contributed by atoms with Crippen LogP contribution in [0.15, 0.2) is 46.9 Å². The van der Waals surface area contributed by atoms with Crippen molar-refractivity contribution in [1.82, 2.24) is 0 Å². The van der Waals surface area contributed by atoms with Crippen LogP contribution in [0.25, 0.3) is 0 Å². The number of hydrogen-bond acceptors (Lipinski definition) is 1. The van der Waals surface area contributed by atoms with Crippen LogP contribution < -0.4 is 0 Å². The quantitative estimate of drug-likeness (QED) is 0.810. The molecule has 1 atom stereocenters. The number of halogens is 2. The van der Waals surface area contributed by atoms with E-state index in [0.29, 0.717) is 12.0 Å². The molecule has 3 heteroatoms. The van der Waals surface area contributed by atoms with E-state index in [0.717, 1.165) is 10.0 Å². The van der Waals surface area contributed by atoms with Crippen molar-refractivity contribution in [3.63, 3.8) is 0 Å². The molecule has 0 spiro atoms. The van der Waals surface area contributed by atoms with Gasteiger partial charge < -0.3 is 5.11 Å². The first-order valence-electron chi connectivity index (χ1n) is 7.00. The van der Waals surface area contributed by atoms with Gasteiger partial charge in [0.25, 0.3) is 0 Å². The Bertz CT molecular complexity index is 614. The van der Waals surface area contributed by atoms with Crippen molar-refractivity contribution in [2.24, 2.45) is 0 Å². The number of rotatable bonds is 3. The Morgan fingerprint density at radius 1 is 1.10 bits per heavy atom. The zero-order chi connectivity index (χ0) is 15.6. The second-order valence-electron chi connectivity index (χ2n) is 6.33. The van der Waals surface area contributed by atoms with E-state index in [2.05, 4.69) is 48.8 Å². The van der Waals surface area contributed by atoms with Gasteiger partial charge in [0.1, 0.15) is 5.82 Å². The van der Waals surface area contributed by atoms with E-state index >= 15 is 0 Å². The van der Waals surface area contributed by atoms with E-state index in [1.165, 1.54) is 11.6 Å². The van der Waals surface area contributed by atoms with Crippen molar-refractivity contribution < 1.29 is 9.50 Å². The van der Waals surface area contributed by atoms with Gasteiger partial charge in [0, 0.05) is 16.5 Å². The minimum Gasteiger partial charge on any atom is -0.388 e. The van der Waals surface area contributed by atoms with Crippen LogP contribution in [-0.4, -0.2) is 5.11 Å². The van der Waals surface area contributed by atoms with E-state index < -0.39 is 6.10 Å². The molecule has 2 aromatic carbocycles. The first-order valence-corrected chi connectivity index (χ1v) is 7.79. The predicted octanol–water partition coefficient (Wildman–Crippen LogP) is 5.16. The molecule has 112 valence electrons. The van der Waals surface area contributed by atoms with Crippen LogP contribution in [0.2, 0.25) is 0 Å². The molecular formula is C18H20BrFO. The second-order valence-corrected chi connectivity index (χ2v) is 7.25. The fourth-order valence-corrected chi connectivity index (χ4v) is 2.62. The zero-order valence-corrected chi connectivity index (χ0v) is 14.1. The van der Waals surface area contributed by atoms with Crippen LogP contribution in [0.1, 0.15) is 43.6 Å². The molecule has 0 saturated heterocycles. The van der Waals surface area contributed by atoms with Gasteiger partial charge in [0.15, 0.2) is 0 Å². The second kappa shape index (κ2) is 6.29. The molecule has 0 aliphatic heterocycles. The summed E-state index contributed by atoms with van der Waals surface area (Å²) >= 11 is 3.30. The average molecular weight is 351 g/mol. The lowest BCUT2D eigenvalue weighted by Crippen LogP contribution is -2.11. The third-order valence-corrected chi connectivity index (χ3v) is 4.06. The van der Waals surface area contributed by atoms with Gasteiger partial charge in [-0.1, -0.05) is 61.0 Å². The molecule has 1 unspecified atom stereocenters. The summed E-state index contributed by atoms with van der Waals surface area (Å²) in [6.07, 6.45) is -0.444. The highest BCUT2D eigenvalue weighted by atomic mass is 79.9. The molecule has 0 amide bonds. The van der Waals surface area contributed by atoms with Crippen molar-refractivity contribution in [2.45, 2.75) is 38.7 Å². The van der Waals surface area contributed by atoms with E-state index in [-0.39, 0.29) is 11.2 Å². The molecule has 2 rings (SSSR count). The van der Waals surface area contributed by atoms with E-state index in [9.17, 15) is 9.50 Å². The van der Waals surface area contributed by atoms with Gasteiger partial charge in [0.2, 0.25) is 0 Å². The Kier molecular flexibility index (Phi) is 4.84. The summed E-state index contributed by atoms with van der Waals surface area (Å²) in [4.78, 5) is 0. The van der Waals surface area contributed by atoms with Crippen LogP contribution in [0, 0.1) is 5.82 Å². The lowest BCUT2D eigenvalue weighted by atomic mass is 9.86. The number of hydrogen-bond donors (Lipinski definition) is 1. The largest absolute Gasteiger partial charge is 0.388 e. The highest BCUT2D eigenvalue weighted by molar-refractivity contribution is 9.10. The molecule has 0 saturated carbocycles. The van der Waals surface area contributed by atoms with Crippen LogP contribution in [0.4, 0.5) is 4.39 Å². The Labute approximate surface area is 134 Å². The molecule has 1 nitrogen and oxygen atoms in total. The van der Waals surface area contributed by atoms with Crippen molar-refractivity contribution in [1.29, 1.82) is 0 Å². The van der Waals surface area contributed by atoms with Gasteiger partial charge in [0.05, 0.1) is 6.10 Å². The minimum absolute atomic E-state index is 0.105. The Morgan fingerprint density at radius 3 is 2.29 bits per heavy atom. The fourth-order valence-electron chi connectivity index (χ4n) is 2.24. The van der Waals surface area contributed by atoms with Crippen LogP contribution >= 0.6 is 15.9 Å². The van der Waals surface area contributed by atoms with Gasteiger partial charge in [-0.25, -0.2) is 4.39 Å². The molecule has 1 N–H and O–H groups in total. The Balaban J connectivity index is 2.16. The summed E-state index contributed by atoms with van der Waals surface area (Å²) in [5.41, 5.74) is 2.67. The first kappa shape index (κ1) is 16.2. The Hall–Kier alpha value is -1.19. The molecule has 2 aromatic rings. The van der Waals surface area contributed by atoms with E-state index in [4.69, 9.17) is 0 Å². The number of benzene rings is 2. The molecule has 0 aliphatic carbocycles. The summed E-state index contributed by atoms with van der Waals surface area (Å²) < 4.78 is 14.5. The molecule has 0 aliphatic rings. The topological polar surface area (TPSA) is 20.2 Å². The summed E-state index contributed by atoms with van der Waals surface area (Å²) in [6, 6.07) is 12.8. The molecule has 0 heterocycles. The van der Waals surface area contributed by atoms with Crippen molar-refractivity contribution in [2.75, 3.05) is 0 Å². The van der Waals surface area contributed by atoms with Gasteiger partial charge >= 0.3 is 0 Å². The van der Waals surface area contributed by atoms with Gasteiger partial charge in [-0.3, -0.25) is 0 Å². The lowest BCUT2D eigenvalue weighted by Gasteiger charge is -2.19. The molecule has 0 aromatic heterocycles. The highest BCUT2D eigenvalue weighted by Gasteiger charge is 2.16. The molecule has 0 bridgehead atoms. The van der Waals surface area contributed by atoms with Gasteiger partial charge in [-0.2, -0.15) is 0 Å². The zero-order valence-electron chi connectivity index (χ0n) is 12.5.